The van der Waals surface area contributed by atoms with Gasteiger partial charge in [0.2, 0.25) is 11.8 Å². The molecule has 1 heterocycles. The van der Waals surface area contributed by atoms with Crippen molar-refractivity contribution in [3.05, 3.63) is 29.8 Å². The van der Waals surface area contributed by atoms with Gasteiger partial charge in [-0.1, -0.05) is 12.1 Å². The Balaban J connectivity index is 1.67. The van der Waals surface area contributed by atoms with Crippen LogP contribution in [0.25, 0.3) is 0 Å². The molecular formula is C18H24N2O3. The highest BCUT2D eigenvalue weighted by Gasteiger charge is 2.36. The fourth-order valence-corrected chi connectivity index (χ4v) is 3.15. The first-order valence-electron chi connectivity index (χ1n) is 8.26. The molecule has 1 aliphatic carbocycles. The SMILES string of the molecule is COc1ccc([C@H](NC(=O)[C@@H]2CCN(C)C(=O)C2)C2CC2)cc1. The third kappa shape index (κ3) is 3.66. The van der Waals surface area contributed by atoms with Crippen molar-refractivity contribution in [1.29, 1.82) is 0 Å². The van der Waals surface area contributed by atoms with Crippen molar-refractivity contribution in [2.45, 2.75) is 31.7 Å². The molecular weight excluding hydrogens is 292 g/mol. The molecule has 2 amide bonds. The van der Waals surface area contributed by atoms with E-state index in [2.05, 4.69) is 5.32 Å². The average Bonchev–Trinajstić information content (AvgIpc) is 3.40. The van der Waals surface area contributed by atoms with Crippen molar-refractivity contribution >= 4 is 11.8 Å². The maximum absolute atomic E-state index is 12.6. The van der Waals surface area contributed by atoms with Crippen LogP contribution in [-0.2, 0) is 9.59 Å². The summed E-state index contributed by atoms with van der Waals surface area (Å²) in [6, 6.07) is 7.93. The summed E-state index contributed by atoms with van der Waals surface area (Å²) in [6.07, 6.45) is 3.35. The molecule has 23 heavy (non-hydrogen) atoms. The van der Waals surface area contributed by atoms with Crippen LogP contribution in [0.3, 0.4) is 0 Å². The van der Waals surface area contributed by atoms with E-state index in [1.807, 2.05) is 24.3 Å². The number of rotatable bonds is 5. The number of methoxy groups -OCH3 is 1. The first-order valence-corrected chi connectivity index (χ1v) is 8.26. The van der Waals surface area contributed by atoms with Gasteiger partial charge in [0.1, 0.15) is 5.75 Å². The lowest BCUT2D eigenvalue weighted by Gasteiger charge is -2.29. The molecule has 1 N–H and O–H groups in total. The number of nitrogens with one attached hydrogen (secondary N) is 1. The summed E-state index contributed by atoms with van der Waals surface area (Å²) in [6.45, 7) is 0.660. The van der Waals surface area contributed by atoms with E-state index in [0.717, 1.165) is 30.6 Å². The van der Waals surface area contributed by atoms with Crippen molar-refractivity contribution in [2.75, 3.05) is 20.7 Å². The smallest absolute Gasteiger partial charge is 0.224 e. The van der Waals surface area contributed by atoms with Crippen molar-refractivity contribution in [1.82, 2.24) is 10.2 Å². The highest BCUT2D eigenvalue weighted by Crippen LogP contribution is 2.41. The standard InChI is InChI=1S/C18H24N2O3/c1-20-10-9-14(11-16(20)21)18(22)19-17(12-3-4-12)13-5-7-15(23-2)8-6-13/h5-8,12,14,17H,3-4,9-11H2,1-2H3,(H,19,22)/t14-,17-/m1/s1. The first kappa shape index (κ1) is 15.8. The molecule has 2 atom stereocenters. The fraction of sp³-hybridized carbons (Fsp3) is 0.556. The van der Waals surface area contributed by atoms with E-state index in [-0.39, 0.29) is 23.8 Å². The molecule has 1 aromatic rings. The molecule has 1 saturated heterocycles. The Morgan fingerprint density at radius 1 is 1.26 bits per heavy atom. The van der Waals surface area contributed by atoms with Gasteiger partial charge in [0.05, 0.1) is 13.2 Å². The van der Waals surface area contributed by atoms with Crippen molar-refractivity contribution < 1.29 is 14.3 Å². The number of piperidine rings is 1. The average molecular weight is 316 g/mol. The van der Waals surface area contributed by atoms with Gasteiger partial charge >= 0.3 is 0 Å². The van der Waals surface area contributed by atoms with Crippen molar-refractivity contribution in [2.24, 2.45) is 11.8 Å². The number of carbonyl (C=O) groups excluding carboxylic acids is 2. The van der Waals surface area contributed by atoms with Crippen LogP contribution in [0.5, 0.6) is 5.75 Å². The van der Waals surface area contributed by atoms with Gasteiger partial charge in [-0.15, -0.1) is 0 Å². The Kier molecular flexibility index (Phi) is 4.55. The van der Waals surface area contributed by atoms with Crippen LogP contribution in [0.2, 0.25) is 0 Å². The largest absolute Gasteiger partial charge is 0.497 e. The van der Waals surface area contributed by atoms with Gasteiger partial charge in [0.15, 0.2) is 0 Å². The van der Waals surface area contributed by atoms with E-state index in [1.54, 1.807) is 19.1 Å². The van der Waals surface area contributed by atoms with Gasteiger partial charge in [-0.05, 0) is 42.9 Å². The fourth-order valence-electron chi connectivity index (χ4n) is 3.15. The molecule has 5 heteroatoms. The van der Waals surface area contributed by atoms with Crippen molar-refractivity contribution in [3.63, 3.8) is 0 Å². The zero-order valence-corrected chi connectivity index (χ0v) is 13.7. The lowest BCUT2D eigenvalue weighted by Crippen LogP contribution is -2.43. The predicted molar refractivity (Wildman–Crippen MR) is 87.0 cm³/mol. The topological polar surface area (TPSA) is 58.6 Å². The molecule has 2 fully saturated rings. The highest BCUT2D eigenvalue weighted by molar-refractivity contribution is 5.87. The van der Waals surface area contributed by atoms with Gasteiger partial charge in [0, 0.05) is 25.9 Å². The minimum Gasteiger partial charge on any atom is -0.497 e. The Morgan fingerprint density at radius 2 is 1.96 bits per heavy atom. The molecule has 0 radical (unpaired) electrons. The number of hydrogen-bond donors (Lipinski definition) is 1. The van der Waals surface area contributed by atoms with E-state index < -0.39 is 0 Å². The normalized spacial score (nSPS) is 22.6. The molecule has 1 saturated carbocycles. The molecule has 3 rings (SSSR count). The minimum absolute atomic E-state index is 0.0131. The van der Waals surface area contributed by atoms with Crippen LogP contribution >= 0.6 is 0 Å². The molecule has 5 nitrogen and oxygen atoms in total. The number of carbonyl (C=O) groups is 2. The maximum atomic E-state index is 12.6. The van der Waals surface area contributed by atoms with Crippen LogP contribution in [-0.4, -0.2) is 37.4 Å². The molecule has 0 unspecified atom stereocenters. The molecule has 0 aromatic heterocycles. The summed E-state index contributed by atoms with van der Waals surface area (Å²) in [5.74, 6) is 1.20. The zero-order chi connectivity index (χ0) is 16.4. The number of amides is 2. The van der Waals surface area contributed by atoms with Gasteiger partial charge in [0.25, 0.3) is 0 Å². The summed E-state index contributed by atoms with van der Waals surface area (Å²) < 4.78 is 5.19. The van der Waals surface area contributed by atoms with E-state index in [0.29, 0.717) is 18.9 Å². The Bertz CT molecular complexity index is 580. The molecule has 2 aliphatic rings. The maximum Gasteiger partial charge on any atom is 0.224 e. The summed E-state index contributed by atoms with van der Waals surface area (Å²) in [7, 11) is 3.44. The van der Waals surface area contributed by atoms with Crippen LogP contribution in [0.15, 0.2) is 24.3 Å². The van der Waals surface area contributed by atoms with E-state index in [1.165, 1.54) is 0 Å². The number of nitrogens with zero attached hydrogens (tertiary/aromatic N) is 1. The van der Waals surface area contributed by atoms with Crippen LogP contribution < -0.4 is 10.1 Å². The summed E-state index contributed by atoms with van der Waals surface area (Å²) in [5, 5.41) is 3.19. The lowest BCUT2D eigenvalue weighted by atomic mass is 9.94. The monoisotopic (exact) mass is 316 g/mol. The minimum atomic E-state index is -0.196. The van der Waals surface area contributed by atoms with E-state index in [9.17, 15) is 9.59 Å². The molecule has 1 aromatic carbocycles. The quantitative estimate of drug-likeness (QED) is 0.905. The lowest BCUT2D eigenvalue weighted by molar-refractivity contribution is -0.139. The van der Waals surface area contributed by atoms with Crippen LogP contribution in [0.4, 0.5) is 0 Å². The van der Waals surface area contributed by atoms with E-state index >= 15 is 0 Å². The zero-order valence-electron chi connectivity index (χ0n) is 13.7. The Hall–Kier alpha value is -2.04. The summed E-state index contributed by atoms with van der Waals surface area (Å²) in [5.41, 5.74) is 1.11. The van der Waals surface area contributed by atoms with Gasteiger partial charge < -0.3 is 15.0 Å². The van der Waals surface area contributed by atoms with E-state index in [4.69, 9.17) is 4.74 Å². The predicted octanol–water partition coefficient (Wildman–Crippen LogP) is 2.13. The molecule has 0 spiro atoms. The number of benzene rings is 1. The molecule has 1 aliphatic heterocycles. The molecule has 124 valence electrons. The Labute approximate surface area is 137 Å². The van der Waals surface area contributed by atoms with Crippen LogP contribution in [0, 0.1) is 11.8 Å². The van der Waals surface area contributed by atoms with Gasteiger partial charge in [-0.25, -0.2) is 0 Å². The Morgan fingerprint density at radius 3 is 2.52 bits per heavy atom. The second kappa shape index (κ2) is 6.60. The molecule has 0 bridgehead atoms. The second-order valence-electron chi connectivity index (χ2n) is 6.60. The number of hydrogen-bond acceptors (Lipinski definition) is 3. The summed E-state index contributed by atoms with van der Waals surface area (Å²) >= 11 is 0. The van der Waals surface area contributed by atoms with Gasteiger partial charge in [-0.3, -0.25) is 9.59 Å². The van der Waals surface area contributed by atoms with Crippen LogP contribution in [0.1, 0.15) is 37.3 Å². The van der Waals surface area contributed by atoms with Crippen molar-refractivity contribution in [3.8, 4) is 5.75 Å². The first-order chi connectivity index (χ1) is 11.1. The second-order valence-corrected chi connectivity index (χ2v) is 6.60. The third-order valence-electron chi connectivity index (χ3n) is 4.90. The third-order valence-corrected chi connectivity index (χ3v) is 4.90. The summed E-state index contributed by atoms with van der Waals surface area (Å²) in [4.78, 5) is 26.1. The highest BCUT2D eigenvalue weighted by atomic mass is 16.5. The van der Waals surface area contributed by atoms with Gasteiger partial charge in [-0.2, -0.15) is 0 Å². The number of ether oxygens (including phenoxy) is 1. The number of likely N-dealkylation sites (tertiary alicyclic amines) is 1.